The second kappa shape index (κ2) is 4.71. The third kappa shape index (κ3) is 2.36. The monoisotopic (exact) mass is 280 g/mol. The molecule has 6 heteroatoms. The first-order chi connectivity index (χ1) is 9.13. The summed E-state index contributed by atoms with van der Waals surface area (Å²) in [5, 5.41) is 11.9. The SMILES string of the molecule is OC(Cc1cn2ccsc2n1)c1cc(F)ccc1F. The Morgan fingerprint density at radius 3 is 3.00 bits per heavy atom. The lowest BCUT2D eigenvalue weighted by atomic mass is 10.0. The molecule has 19 heavy (non-hydrogen) atoms. The zero-order valence-corrected chi connectivity index (χ0v) is 10.6. The second-order valence-electron chi connectivity index (χ2n) is 4.21. The third-order valence-electron chi connectivity index (χ3n) is 2.86. The van der Waals surface area contributed by atoms with Crippen molar-refractivity contribution in [2.45, 2.75) is 12.5 Å². The number of hydrogen-bond acceptors (Lipinski definition) is 3. The summed E-state index contributed by atoms with van der Waals surface area (Å²) in [7, 11) is 0. The normalized spacial score (nSPS) is 13.0. The van der Waals surface area contributed by atoms with Crippen LogP contribution in [0.2, 0.25) is 0 Å². The van der Waals surface area contributed by atoms with Gasteiger partial charge in [-0.25, -0.2) is 13.8 Å². The Balaban J connectivity index is 1.86. The molecule has 1 aromatic carbocycles. The molecule has 0 saturated carbocycles. The molecular weight excluding hydrogens is 270 g/mol. The van der Waals surface area contributed by atoms with Gasteiger partial charge in [0.15, 0.2) is 4.96 Å². The van der Waals surface area contributed by atoms with Crippen molar-refractivity contribution >= 4 is 16.3 Å². The minimum absolute atomic E-state index is 0.0450. The number of aliphatic hydroxyl groups is 1. The molecule has 1 N–H and O–H groups in total. The molecule has 1 unspecified atom stereocenters. The average molecular weight is 280 g/mol. The quantitative estimate of drug-likeness (QED) is 0.801. The predicted octanol–water partition coefficient (Wildman–Crippen LogP) is 2.95. The van der Waals surface area contributed by atoms with Crippen LogP contribution in [-0.2, 0) is 6.42 Å². The molecule has 0 radical (unpaired) electrons. The van der Waals surface area contributed by atoms with Gasteiger partial charge in [0.05, 0.1) is 11.8 Å². The number of imidazole rings is 1. The molecule has 3 nitrogen and oxygen atoms in total. The fourth-order valence-corrected chi connectivity index (χ4v) is 2.67. The van der Waals surface area contributed by atoms with Gasteiger partial charge in [-0.3, -0.25) is 4.40 Å². The Morgan fingerprint density at radius 2 is 2.21 bits per heavy atom. The molecule has 3 aromatic rings. The van der Waals surface area contributed by atoms with Crippen molar-refractivity contribution in [3.8, 4) is 0 Å². The van der Waals surface area contributed by atoms with Gasteiger partial charge in [0.1, 0.15) is 11.6 Å². The van der Waals surface area contributed by atoms with Gasteiger partial charge in [0, 0.05) is 29.8 Å². The van der Waals surface area contributed by atoms with Crippen molar-refractivity contribution in [1.29, 1.82) is 0 Å². The minimum Gasteiger partial charge on any atom is -0.388 e. The van der Waals surface area contributed by atoms with Gasteiger partial charge in [-0.15, -0.1) is 11.3 Å². The molecule has 98 valence electrons. The molecule has 0 bridgehead atoms. The molecule has 3 rings (SSSR count). The number of hydrogen-bond donors (Lipinski definition) is 1. The summed E-state index contributed by atoms with van der Waals surface area (Å²) in [4.78, 5) is 5.10. The summed E-state index contributed by atoms with van der Waals surface area (Å²) in [6, 6.07) is 3.05. The first-order valence-corrected chi connectivity index (χ1v) is 6.55. The van der Waals surface area contributed by atoms with Crippen LogP contribution in [0.1, 0.15) is 17.4 Å². The summed E-state index contributed by atoms with van der Waals surface area (Å²) in [6.45, 7) is 0. The highest BCUT2D eigenvalue weighted by molar-refractivity contribution is 7.15. The molecule has 0 aliphatic rings. The van der Waals surface area contributed by atoms with E-state index in [0.717, 1.165) is 23.2 Å². The van der Waals surface area contributed by atoms with Gasteiger partial charge in [-0.1, -0.05) is 0 Å². The molecule has 2 heterocycles. The van der Waals surface area contributed by atoms with Crippen LogP contribution in [0.15, 0.2) is 36.0 Å². The lowest BCUT2D eigenvalue weighted by Gasteiger charge is -2.10. The standard InChI is InChI=1S/C13H10F2N2OS/c14-8-1-2-11(15)10(5-8)12(18)6-9-7-17-3-4-19-13(17)16-9/h1-5,7,12,18H,6H2. The van der Waals surface area contributed by atoms with E-state index in [2.05, 4.69) is 4.98 Å². The van der Waals surface area contributed by atoms with Crippen LogP contribution >= 0.6 is 11.3 Å². The van der Waals surface area contributed by atoms with Crippen molar-refractivity contribution in [2.24, 2.45) is 0 Å². The molecule has 0 fully saturated rings. The molecular formula is C13H10F2N2OS. The maximum atomic E-state index is 13.5. The predicted molar refractivity (Wildman–Crippen MR) is 68.1 cm³/mol. The molecule has 2 aromatic heterocycles. The van der Waals surface area contributed by atoms with Crippen LogP contribution in [0.3, 0.4) is 0 Å². The molecule has 1 atom stereocenters. The largest absolute Gasteiger partial charge is 0.388 e. The number of benzene rings is 1. The van der Waals surface area contributed by atoms with Crippen LogP contribution in [0, 0.1) is 11.6 Å². The van der Waals surface area contributed by atoms with Crippen molar-refractivity contribution in [1.82, 2.24) is 9.38 Å². The van der Waals surface area contributed by atoms with E-state index in [-0.39, 0.29) is 12.0 Å². The topological polar surface area (TPSA) is 37.5 Å². The highest BCUT2D eigenvalue weighted by Crippen LogP contribution is 2.22. The lowest BCUT2D eigenvalue weighted by Crippen LogP contribution is -2.05. The summed E-state index contributed by atoms with van der Waals surface area (Å²) in [5.41, 5.74) is 0.597. The first kappa shape index (κ1) is 12.3. The summed E-state index contributed by atoms with van der Waals surface area (Å²) >= 11 is 1.47. The maximum Gasteiger partial charge on any atom is 0.193 e. The number of thiazole rings is 1. The zero-order chi connectivity index (χ0) is 13.4. The number of fused-ring (bicyclic) bond motifs is 1. The van der Waals surface area contributed by atoms with Gasteiger partial charge in [0.2, 0.25) is 0 Å². The Bertz CT molecular complexity index is 694. The summed E-state index contributed by atoms with van der Waals surface area (Å²) in [5.74, 6) is -1.18. The van der Waals surface area contributed by atoms with Gasteiger partial charge in [0.25, 0.3) is 0 Å². The van der Waals surface area contributed by atoms with Crippen LogP contribution < -0.4 is 0 Å². The Kier molecular flexibility index (Phi) is 3.04. The number of aromatic nitrogens is 2. The molecule has 0 saturated heterocycles. The van der Waals surface area contributed by atoms with Crippen molar-refractivity contribution in [3.63, 3.8) is 0 Å². The fraction of sp³-hybridized carbons (Fsp3) is 0.154. The van der Waals surface area contributed by atoms with Crippen LogP contribution in [0.5, 0.6) is 0 Å². The smallest absolute Gasteiger partial charge is 0.193 e. The van der Waals surface area contributed by atoms with E-state index >= 15 is 0 Å². The van der Waals surface area contributed by atoms with E-state index in [9.17, 15) is 13.9 Å². The lowest BCUT2D eigenvalue weighted by molar-refractivity contribution is 0.172. The molecule has 0 amide bonds. The van der Waals surface area contributed by atoms with Crippen LogP contribution in [-0.4, -0.2) is 14.5 Å². The number of aliphatic hydroxyl groups excluding tert-OH is 1. The minimum atomic E-state index is -1.11. The Hall–Kier alpha value is -1.79. The number of nitrogens with zero attached hydrogens (tertiary/aromatic N) is 2. The molecule has 0 spiro atoms. The van der Waals surface area contributed by atoms with E-state index in [4.69, 9.17) is 0 Å². The van der Waals surface area contributed by atoms with Crippen molar-refractivity contribution in [3.05, 3.63) is 58.9 Å². The van der Waals surface area contributed by atoms with Crippen LogP contribution in [0.4, 0.5) is 8.78 Å². The Morgan fingerprint density at radius 1 is 1.37 bits per heavy atom. The average Bonchev–Trinajstić information content (AvgIpc) is 2.92. The van der Waals surface area contributed by atoms with Crippen molar-refractivity contribution < 1.29 is 13.9 Å². The summed E-state index contributed by atoms with van der Waals surface area (Å²) in [6.07, 6.45) is 2.66. The fourth-order valence-electron chi connectivity index (χ4n) is 1.95. The highest BCUT2D eigenvalue weighted by Gasteiger charge is 2.16. The molecule has 0 aliphatic carbocycles. The van der Waals surface area contributed by atoms with Crippen LogP contribution in [0.25, 0.3) is 4.96 Å². The maximum absolute atomic E-state index is 13.5. The number of halogens is 2. The van der Waals surface area contributed by atoms with Gasteiger partial charge >= 0.3 is 0 Å². The second-order valence-corrected chi connectivity index (χ2v) is 5.08. The third-order valence-corrected chi connectivity index (χ3v) is 3.63. The number of rotatable bonds is 3. The summed E-state index contributed by atoms with van der Waals surface area (Å²) < 4.78 is 28.4. The highest BCUT2D eigenvalue weighted by atomic mass is 32.1. The van der Waals surface area contributed by atoms with E-state index in [1.54, 1.807) is 6.20 Å². The Labute approximate surface area is 111 Å². The van der Waals surface area contributed by atoms with Crippen molar-refractivity contribution in [2.75, 3.05) is 0 Å². The van der Waals surface area contributed by atoms with E-state index < -0.39 is 17.7 Å². The first-order valence-electron chi connectivity index (χ1n) is 5.67. The van der Waals surface area contributed by atoms with Gasteiger partial charge < -0.3 is 5.11 Å². The van der Waals surface area contributed by atoms with Gasteiger partial charge in [-0.2, -0.15) is 0 Å². The van der Waals surface area contributed by atoms with E-state index in [1.165, 1.54) is 11.3 Å². The molecule has 0 aliphatic heterocycles. The van der Waals surface area contributed by atoms with E-state index in [0.29, 0.717) is 5.69 Å². The van der Waals surface area contributed by atoms with E-state index in [1.807, 2.05) is 16.0 Å². The zero-order valence-electron chi connectivity index (χ0n) is 9.75. The van der Waals surface area contributed by atoms with Gasteiger partial charge in [-0.05, 0) is 18.2 Å².